The molecule has 0 bridgehead atoms. The lowest BCUT2D eigenvalue weighted by Gasteiger charge is -2.26. The topological polar surface area (TPSA) is 106 Å². The Labute approximate surface area is 163 Å². The molecule has 1 aromatic carbocycles. The van der Waals surface area contributed by atoms with Crippen LogP contribution in [0.25, 0.3) is 0 Å². The first-order valence-corrected chi connectivity index (χ1v) is 9.61. The first kappa shape index (κ1) is 20.7. The monoisotopic (exact) mass is 394 g/mol. The van der Waals surface area contributed by atoms with Crippen LogP contribution in [-0.2, 0) is 19.1 Å². The highest BCUT2D eigenvalue weighted by Crippen LogP contribution is 2.23. The van der Waals surface area contributed by atoms with E-state index in [9.17, 15) is 14.0 Å². The molecule has 4 N–H and O–H groups in total. The fraction of sp³-hybridized carbons (Fsp3) is 0.579. The number of rotatable bonds is 7. The van der Waals surface area contributed by atoms with Crippen LogP contribution in [0.15, 0.2) is 18.2 Å². The van der Waals surface area contributed by atoms with Gasteiger partial charge in [0.1, 0.15) is 11.9 Å². The molecule has 154 valence electrons. The average Bonchev–Trinajstić information content (AvgIpc) is 3.19. The maximum Gasteiger partial charge on any atom is 0.253 e. The van der Waals surface area contributed by atoms with Crippen LogP contribution in [0.3, 0.4) is 0 Å². The van der Waals surface area contributed by atoms with Gasteiger partial charge in [0.15, 0.2) is 0 Å². The maximum absolute atomic E-state index is 14.1. The van der Waals surface area contributed by atoms with Crippen LogP contribution in [0.5, 0.6) is 0 Å². The van der Waals surface area contributed by atoms with E-state index in [1.807, 2.05) is 0 Å². The van der Waals surface area contributed by atoms with Gasteiger partial charge in [-0.15, -0.1) is 0 Å². The summed E-state index contributed by atoms with van der Waals surface area (Å²) in [6.45, 7) is 3.87. The van der Waals surface area contributed by atoms with E-state index in [-0.39, 0.29) is 30.0 Å². The van der Waals surface area contributed by atoms with Gasteiger partial charge in [-0.3, -0.25) is 14.5 Å². The summed E-state index contributed by atoms with van der Waals surface area (Å²) in [7, 11) is 0. The molecule has 2 saturated heterocycles. The number of benzene rings is 1. The van der Waals surface area contributed by atoms with Crippen molar-refractivity contribution in [1.82, 2.24) is 4.90 Å². The number of nitrogens with zero attached hydrogens (tertiary/aromatic N) is 1. The molecule has 8 nitrogen and oxygen atoms in total. The standard InChI is InChI=1S/C19H27FN4O4/c20-15-3-1-13(22-19(26)17-4-2-14(12-21)28-17)11-16(15)23-18(25)5-6-24-7-9-27-10-8-24/h1,3,11,14,17H,2,4-10,12,21H2,(H,22,26)(H,23,25)/t14-,17+/m1/s1. The van der Waals surface area contributed by atoms with Crippen molar-refractivity contribution in [3.63, 3.8) is 0 Å². The number of anilines is 2. The zero-order chi connectivity index (χ0) is 19.9. The Morgan fingerprint density at radius 3 is 2.71 bits per heavy atom. The van der Waals surface area contributed by atoms with Gasteiger partial charge in [0.2, 0.25) is 5.91 Å². The highest BCUT2D eigenvalue weighted by atomic mass is 19.1. The minimum absolute atomic E-state index is 0.0388. The second-order valence-electron chi connectivity index (χ2n) is 7.00. The van der Waals surface area contributed by atoms with Crippen LogP contribution in [0.1, 0.15) is 19.3 Å². The molecule has 2 fully saturated rings. The van der Waals surface area contributed by atoms with E-state index in [4.69, 9.17) is 15.2 Å². The molecular formula is C19H27FN4O4. The minimum atomic E-state index is -0.565. The molecule has 28 heavy (non-hydrogen) atoms. The van der Waals surface area contributed by atoms with Crippen LogP contribution in [0.4, 0.5) is 15.8 Å². The van der Waals surface area contributed by atoms with Gasteiger partial charge in [0.05, 0.1) is 25.0 Å². The summed E-state index contributed by atoms with van der Waals surface area (Å²) in [5.41, 5.74) is 5.99. The quantitative estimate of drug-likeness (QED) is 0.635. The third-order valence-corrected chi connectivity index (χ3v) is 4.93. The molecule has 2 amide bonds. The van der Waals surface area contributed by atoms with Gasteiger partial charge in [0, 0.05) is 38.3 Å². The van der Waals surface area contributed by atoms with E-state index >= 15 is 0 Å². The number of carbonyl (C=O) groups is 2. The van der Waals surface area contributed by atoms with Crippen LogP contribution in [-0.4, -0.2) is 68.3 Å². The Balaban J connectivity index is 1.52. The Morgan fingerprint density at radius 1 is 1.21 bits per heavy atom. The van der Waals surface area contributed by atoms with Gasteiger partial charge < -0.3 is 25.8 Å². The van der Waals surface area contributed by atoms with E-state index < -0.39 is 11.9 Å². The molecule has 2 atom stereocenters. The second-order valence-corrected chi connectivity index (χ2v) is 7.00. The van der Waals surface area contributed by atoms with Gasteiger partial charge in [0.25, 0.3) is 5.91 Å². The van der Waals surface area contributed by atoms with Gasteiger partial charge >= 0.3 is 0 Å². The van der Waals surface area contributed by atoms with Crippen molar-refractivity contribution in [1.29, 1.82) is 0 Å². The molecule has 3 rings (SSSR count). The summed E-state index contributed by atoms with van der Waals surface area (Å²) < 4.78 is 24.9. The fourth-order valence-electron chi connectivity index (χ4n) is 3.29. The van der Waals surface area contributed by atoms with Crippen LogP contribution < -0.4 is 16.4 Å². The zero-order valence-electron chi connectivity index (χ0n) is 15.8. The molecule has 0 radical (unpaired) electrons. The van der Waals surface area contributed by atoms with Gasteiger partial charge in [-0.05, 0) is 31.0 Å². The highest BCUT2D eigenvalue weighted by Gasteiger charge is 2.30. The van der Waals surface area contributed by atoms with E-state index in [0.29, 0.717) is 38.4 Å². The molecule has 0 unspecified atom stereocenters. The van der Waals surface area contributed by atoms with Crippen molar-refractivity contribution in [2.24, 2.45) is 5.73 Å². The molecule has 1 aromatic rings. The Bertz CT molecular complexity index is 697. The second kappa shape index (κ2) is 9.92. The van der Waals surface area contributed by atoms with E-state index in [1.165, 1.54) is 18.2 Å². The molecule has 0 aliphatic carbocycles. The number of nitrogens with two attached hydrogens (primary N) is 1. The molecule has 0 aromatic heterocycles. The van der Waals surface area contributed by atoms with E-state index in [1.54, 1.807) is 0 Å². The SMILES string of the molecule is NC[C@H]1CC[C@@H](C(=O)Nc2ccc(F)c(NC(=O)CCN3CCOCC3)c2)O1. The number of hydrogen-bond acceptors (Lipinski definition) is 6. The summed E-state index contributed by atoms with van der Waals surface area (Å²) in [6.07, 6.45) is 0.921. The first-order valence-electron chi connectivity index (χ1n) is 9.61. The molecule has 9 heteroatoms. The Morgan fingerprint density at radius 2 is 2.00 bits per heavy atom. The van der Waals surface area contributed by atoms with Gasteiger partial charge in [-0.25, -0.2) is 4.39 Å². The lowest BCUT2D eigenvalue weighted by molar-refractivity contribution is -0.126. The predicted octanol–water partition coefficient (Wildman–Crippen LogP) is 0.931. The van der Waals surface area contributed by atoms with Gasteiger partial charge in [-0.1, -0.05) is 0 Å². The number of carbonyl (C=O) groups excluding carboxylic acids is 2. The van der Waals surface area contributed by atoms with Crippen LogP contribution in [0.2, 0.25) is 0 Å². The van der Waals surface area contributed by atoms with Crippen molar-refractivity contribution in [3.8, 4) is 0 Å². The summed E-state index contributed by atoms with van der Waals surface area (Å²) in [5.74, 6) is -1.14. The maximum atomic E-state index is 14.1. The number of halogens is 1. The molecule has 2 aliphatic rings. The Kier molecular flexibility index (Phi) is 7.32. The third kappa shape index (κ3) is 5.71. The van der Waals surface area contributed by atoms with E-state index in [0.717, 1.165) is 19.5 Å². The zero-order valence-corrected chi connectivity index (χ0v) is 15.8. The molecular weight excluding hydrogens is 367 g/mol. The van der Waals surface area contributed by atoms with Gasteiger partial charge in [-0.2, -0.15) is 0 Å². The first-order chi connectivity index (χ1) is 13.5. The predicted molar refractivity (Wildman–Crippen MR) is 102 cm³/mol. The van der Waals surface area contributed by atoms with Crippen molar-refractivity contribution < 1.29 is 23.5 Å². The largest absolute Gasteiger partial charge is 0.379 e. The normalized spacial score (nSPS) is 22.8. The number of amides is 2. The number of ether oxygens (including phenoxy) is 2. The lowest BCUT2D eigenvalue weighted by Crippen LogP contribution is -2.38. The average molecular weight is 394 g/mol. The van der Waals surface area contributed by atoms with Crippen molar-refractivity contribution in [3.05, 3.63) is 24.0 Å². The smallest absolute Gasteiger partial charge is 0.253 e. The third-order valence-electron chi connectivity index (χ3n) is 4.93. The number of nitrogens with one attached hydrogen (secondary N) is 2. The molecule has 0 saturated carbocycles. The number of hydrogen-bond donors (Lipinski definition) is 3. The fourth-order valence-corrected chi connectivity index (χ4v) is 3.29. The van der Waals surface area contributed by atoms with Crippen LogP contribution in [0, 0.1) is 5.82 Å². The number of morpholine rings is 1. The summed E-state index contributed by atoms with van der Waals surface area (Å²) in [5, 5.41) is 5.29. The van der Waals surface area contributed by atoms with Crippen molar-refractivity contribution in [2.75, 3.05) is 50.0 Å². The highest BCUT2D eigenvalue weighted by molar-refractivity contribution is 5.96. The summed E-state index contributed by atoms with van der Waals surface area (Å²) in [6, 6.07) is 4.08. The lowest BCUT2D eigenvalue weighted by atomic mass is 10.2. The summed E-state index contributed by atoms with van der Waals surface area (Å²) in [4.78, 5) is 26.6. The molecule has 2 heterocycles. The molecule has 2 aliphatic heterocycles. The minimum Gasteiger partial charge on any atom is -0.379 e. The molecule has 0 spiro atoms. The van der Waals surface area contributed by atoms with Crippen molar-refractivity contribution >= 4 is 23.2 Å². The van der Waals surface area contributed by atoms with Crippen LogP contribution >= 0.6 is 0 Å². The Hall–Kier alpha value is -2.07. The van der Waals surface area contributed by atoms with E-state index in [2.05, 4.69) is 15.5 Å². The van der Waals surface area contributed by atoms with Crippen molar-refractivity contribution in [2.45, 2.75) is 31.5 Å². The summed E-state index contributed by atoms with van der Waals surface area (Å²) >= 11 is 0.